The van der Waals surface area contributed by atoms with E-state index in [2.05, 4.69) is 34.9 Å². The highest BCUT2D eigenvalue weighted by molar-refractivity contribution is 5.85. The third kappa shape index (κ3) is 6.66. The molecular weight excluding hydrogens is 520 g/mol. The van der Waals surface area contributed by atoms with Crippen LogP contribution < -0.4 is 10.6 Å². The van der Waals surface area contributed by atoms with E-state index in [1.54, 1.807) is 6.92 Å². The van der Waals surface area contributed by atoms with Crippen molar-refractivity contribution in [3.05, 3.63) is 108 Å². The van der Waals surface area contributed by atoms with E-state index >= 15 is 0 Å². The standard InChI is InChI=1S/C33H34N2O6/c1-21(40-19-22-10-3-2-4-11-22)30(32(37)38)35-31(36)23-12-9-13-24(18-23)34-33(39)41-20-29-27-16-7-5-14-25(27)26-15-6-8-17-28(26)29/h2-11,13-17,21,23-24,29-30H,12,18-20H2,1H3,(H,34,39)(H,35,36)(H,37,38)/t21-,23?,24?,30+/m0/s1. The average Bonchev–Trinajstić information content (AvgIpc) is 3.31. The van der Waals surface area contributed by atoms with Gasteiger partial charge in [0.25, 0.3) is 0 Å². The highest BCUT2D eigenvalue weighted by atomic mass is 16.5. The fourth-order valence-corrected chi connectivity index (χ4v) is 5.55. The molecule has 0 radical (unpaired) electrons. The Balaban J connectivity index is 1.13. The lowest BCUT2D eigenvalue weighted by Crippen LogP contribution is -2.51. The number of nitrogens with one attached hydrogen (secondary N) is 2. The zero-order valence-corrected chi connectivity index (χ0v) is 22.9. The Morgan fingerprint density at radius 1 is 0.927 bits per heavy atom. The minimum atomic E-state index is -1.20. The van der Waals surface area contributed by atoms with Crippen molar-refractivity contribution in [3.8, 4) is 11.1 Å². The number of hydrogen-bond acceptors (Lipinski definition) is 5. The topological polar surface area (TPSA) is 114 Å². The molecule has 0 spiro atoms. The quantitative estimate of drug-likeness (QED) is 0.303. The number of rotatable bonds is 10. The van der Waals surface area contributed by atoms with Gasteiger partial charge in [-0.25, -0.2) is 9.59 Å². The maximum Gasteiger partial charge on any atom is 0.407 e. The number of carbonyl (C=O) groups excluding carboxylic acids is 2. The molecule has 0 aliphatic heterocycles. The maximum atomic E-state index is 13.0. The van der Waals surface area contributed by atoms with Crippen LogP contribution in [-0.2, 0) is 25.7 Å². The maximum absolute atomic E-state index is 13.0. The molecule has 212 valence electrons. The van der Waals surface area contributed by atoms with Crippen LogP contribution >= 0.6 is 0 Å². The average molecular weight is 555 g/mol. The van der Waals surface area contributed by atoms with E-state index < -0.39 is 42.1 Å². The first-order valence-corrected chi connectivity index (χ1v) is 13.9. The summed E-state index contributed by atoms with van der Waals surface area (Å²) in [5.74, 6) is -2.11. The second-order valence-corrected chi connectivity index (χ2v) is 10.5. The van der Waals surface area contributed by atoms with Gasteiger partial charge >= 0.3 is 12.1 Å². The molecule has 3 aromatic carbocycles. The van der Waals surface area contributed by atoms with E-state index in [1.165, 1.54) is 0 Å². The highest BCUT2D eigenvalue weighted by Gasteiger charge is 2.33. The summed E-state index contributed by atoms with van der Waals surface area (Å²) in [6.07, 6.45) is 3.14. The Hall–Kier alpha value is -4.43. The van der Waals surface area contributed by atoms with E-state index in [0.29, 0.717) is 12.8 Å². The number of fused-ring (bicyclic) bond motifs is 3. The number of carboxylic acid groups (broad SMARTS) is 1. The van der Waals surface area contributed by atoms with E-state index in [9.17, 15) is 19.5 Å². The van der Waals surface area contributed by atoms with Crippen molar-refractivity contribution in [1.29, 1.82) is 0 Å². The minimum Gasteiger partial charge on any atom is -0.480 e. The van der Waals surface area contributed by atoms with Gasteiger partial charge in [0.1, 0.15) is 6.61 Å². The Bertz CT molecular complexity index is 1380. The first-order chi connectivity index (χ1) is 19.9. The molecule has 0 heterocycles. The number of amides is 2. The van der Waals surface area contributed by atoms with E-state index in [-0.39, 0.29) is 19.1 Å². The van der Waals surface area contributed by atoms with Gasteiger partial charge in [0.05, 0.1) is 18.8 Å². The normalized spacial score (nSPS) is 19.0. The zero-order chi connectivity index (χ0) is 28.8. The molecule has 5 rings (SSSR count). The molecule has 8 nitrogen and oxygen atoms in total. The first kappa shape index (κ1) is 28.1. The molecular formula is C33H34N2O6. The van der Waals surface area contributed by atoms with Crippen molar-refractivity contribution in [2.45, 2.75) is 50.5 Å². The van der Waals surface area contributed by atoms with Gasteiger partial charge in [-0.1, -0.05) is 91.0 Å². The summed E-state index contributed by atoms with van der Waals surface area (Å²) in [5, 5.41) is 15.2. The number of aliphatic carboxylic acids is 1. The summed E-state index contributed by atoms with van der Waals surface area (Å²) in [6.45, 7) is 2.06. The molecule has 2 aliphatic rings. The van der Waals surface area contributed by atoms with Gasteiger partial charge in [-0.15, -0.1) is 0 Å². The van der Waals surface area contributed by atoms with Gasteiger partial charge in [-0.2, -0.15) is 0 Å². The number of alkyl carbamates (subject to hydrolysis) is 1. The first-order valence-electron chi connectivity index (χ1n) is 13.9. The van der Waals surface area contributed by atoms with Crippen molar-refractivity contribution in [2.24, 2.45) is 5.92 Å². The Labute approximate surface area is 239 Å². The Morgan fingerprint density at radius 3 is 2.22 bits per heavy atom. The molecule has 8 heteroatoms. The van der Waals surface area contributed by atoms with Gasteiger partial charge in [-0.05, 0) is 47.6 Å². The molecule has 0 bridgehead atoms. The van der Waals surface area contributed by atoms with Crippen LogP contribution in [-0.4, -0.2) is 47.9 Å². The lowest BCUT2D eigenvalue weighted by atomic mass is 9.90. The van der Waals surface area contributed by atoms with Crippen LogP contribution in [0.2, 0.25) is 0 Å². The Morgan fingerprint density at radius 2 is 1.56 bits per heavy atom. The molecule has 41 heavy (non-hydrogen) atoms. The highest BCUT2D eigenvalue weighted by Crippen LogP contribution is 2.44. The molecule has 0 aromatic heterocycles. The third-order valence-corrected chi connectivity index (χ3v) is 7.73. The van der Waals surface area contributed by atoms with Gasteiger partial charge in [0.2, 0.25) is 5.91 Å². The summed E-state index contributed by atoms with van der Waals surface area (Å²) >= 11 is 0. The minimum absolute atomic E-state index is 0.0485. The molecule has 2 amide bonds. The smallest absolute Gasteiger partial charge is 0.407 e. The summed E-state index contributed by atoms with van der Waals surface area (Å²) in [5.41, 5.74) is 5.48. The number of benzene rings is 3. The largest absolute Gasteiger partial charge is 0.480 e. The number of hydrogen-bond donors (Lipinski definition) is 3. The van der Waals surface area contributed by atoms with Crippen LogP contribution in [0.1, 0.15) is 42.4 Å². The lowest BCUT2D eigenvalue weighted by molar-refractivity contribution is -0.147. The molecule has 0 saturated heterocycles. The van der Waals surface area contributed by atoms with Crippen LogP contribution in [0.4, 0.5) is 4.79 Å². The van der Waals surface area contributed by atoms with Crippen LogP contribution in [0.3, 0.4) is 0 Å². The number of carboxylic acids is 1. The summed E-state index contributed by atoms with van der Waals surface area (Å²) in [4.78, 5) is 37.7. The predicted molar refractivity (Wildman–Crippen MR) is 154 cm³/mol. The molecule has 0 fully saturated rings. The number of ether oxygens (including phenoxy) is 2. The molecule has 4 atom stereocenters. The van der Waals surface area contributed by atoms with Crippen molar-refractivity contribution >= 4 is 18.0 Å². The van der Waals surface area contributed by atoms with Gasteiger partial charge in [0, 0.05) is 11.8 Å². The van der Waals surface area contributed by atoms with Crippen LogP contribution in [0.5, 0.6) is 0 Å². The van der Waals surface area contributed by atoms with Crippen molar-refractivity contribution in [3.63, 3.8) is 0 Å². The molecule has 2 aliphatic carbocycles. The lowest BCUT2D eigenvalue weighted by Gasteiger charge is -2.28. The fraction of sp³-hybridized carbons (Fsp3) is 0.303. The molecule has 3 N–H and O–H groups in total. The van der Waals surface area contributed by atoms with Crippen LogP contribution in [0.25, 0.3) is 11.1 Å². The number of allylic oxidation sites excluding steroid dienone is 1. The van der Waals surface area contributed by atoms with Gasteiger partial charge in [-0.3, -0.25) is 4.79 Å². The summed E-state index contributed by atoms with van der Waals surface area (Å²) < 4.78 is 11.4. The van der Waals surface area contributed by atoms with E-state index in [0.717, 1.165) is 27.8 Å². The SMILES string of the molecule is C[C@H](OCc1ccccc1)[C@@H](NC(=O)C1CC=CC(NC(=O)OCC2c3ccccc3-c3ccccc32)C1)C(=O)O. The van der Waals surface area contributed by atoms with Crippen LogP contribution in [0.15, 0.2) is 91.0 Å². The van der Waals surface area contributed by atoms with Crippen molar-refractivity contribution < 1.29 is 29.0 Å². The predicted octanol–water partition coefficient (Wildman–Crippen LogP) is 5.03. The van der Waals surface area contributed by atoms with Crippen molar-refractivity contribution in [1.82, 2.24) is 10.6 Å². The monoisotopic (exact) mass is 554 g/mol. The second kappa shape index (κ2) is 12.8. The van der Waals surface area contributed by atoms with Gasteiger partial charge in [0.15, 0.2) is 6.04 Å². The summed E-state index contributed by atoms with van der Waals surface area (Å²) in [7, 11) is 0. The Kier molecular flexibility index (Phi) is 8.79. The molecule has 2 unspecified atom stereocenters. The van der Waals surface area contributed by atoms with E-state index in [1.807, 2.05) is 66.7 Å². The fourth-order valence-electron chi connectivity index (χ4n) is 5.55. The molecule has 0 saturated carbocycles. The molecule has 3 aromatic rings. The van der Waals surface area contributed by atoms with Crippen LogP contribution in [0, 0.1) is 5.92 Å². The zero-order valence-electron chi connectivity index (χ0n) is 22.9. The van der Waals surface area contributed by atoms with E-state index in [4.69, 9.17) is 9.47 Å². The van der Waals surface area contributed by atoms with Crippen molar-refractivity contribution in [2.75, 3.05) is 6.61 Å². The summed E-state index contributed by atoms with van der Waals surface area (Å²) in [6, 6.07) is 24.1. The van der Waals surface area contributed by atoms with Gasteiger partial charge < -0.3 is 25.2 Å². The number of carbonyl (C=O) groups is 3. The second-order valence-electron chi connectivity index (χ2n) is 10.5. The third-order valence-electron chi connectivity index (χ3n) is 7.73.